The smallest absolute Gasteiger partial charge is 0.306 e. The normalized spacial score (nSPS) is 23.2. The van der Waals surface area contributed by atoms with Gasteiger partial charge in [-0.15, -0.1) is 0 Å². The molecule has 0 unspecified atom stereocenters. The number of carbonyl (C=O) groups is 2. The summed E-state index contributed by atoms with van der Waals surface area (Å²) in [4.78, 5) is 24.7. The fraction of sp³-hybridized carbons (Fsp3) is 0.613. The summed E-state index contributed by atoms with van der Waals surface area (Å²) in [6.07, 6.45) is 8.79. The molecule has 3 saturated carbocycles. The molecule has 8 heteroatoms. The highest BCUT2D eigenvalue weighted by Gasteiger charge is 2.41. The zero-order chi connectivity index (χ0) is 28.3. The van der Waals surface area contributed by atoms with Crippen molar-refractivity contribution in [3.8, 4) is 5.69 Å². The Labute approximate surface area is 232 Å². The number of aliphatic carboxylic acids is 1. The fourth-order valence-corrected chi connectivity index (χ4v) is 8.33. The van der Waals surface area contributed by atoms with Crippen LogP contribution in [0.2, 0.25) is 0 Å². The summed E-state index contributed by atoms with van der Waals surface area (Å²) in [5, 5.41) is 11.9. The third-order valence-electron chi connectivity index (χ3n) is 9.29. The summed E-state index contributed by atoms with van der Waals surface area (Å²) in [6.45, 7) is 10.5. The first-order valence-electron chi connectivity index (χ1n) is 14.4. The Morgan fingerprint density at radius 1 is 1.05 bits per heavy atom. The fourth-order valence-electron chi connectivity index (χ4n) is 6.09. The number of hydrogen-bond acceptors (Lipinski definition) is 4. The van der Waals surface area contributed by atoms with Crippen LogP contribution in [-0.4, -0.2) is 41.3 Å². The maximum atomic E-state index is 14.2. The van der Waals surface area contributed by atoms with E-state index in [2.05, 4.69) is 51.2 Å². The second kappa shape index (κ2) is 9.79. The Hall–Kier alpha value is -2.61. The summed E-state index contributed by atoms with van der Waals surface area (Å²) in [5.41, 5.74) is 3.87. The lowest BCUT2D eigenvalue weighted by molar-refractivity contribution is -0.145. The van der Waals surface area contributed by atoms with Crippen LogP contribution in [0.1, 0.15) is 113 Å². The average molecular weight is 555 g/mol. The van der Waals surface area contributed by atoms with Crippen LogP contribution in [0.15, 0.2) is 29.4 Å². The van der Waals surface area contributed by atoms with Gasteiger partial charge in [-0.3, -0.25) is 9.59 Å². The molecule has 1 aromatic heterocycles. The molecule has 0 aliphatic heterocycles. The number of carboxylic acids is 1. The number of hydrogen-bond donors (Lipinski definition) is 2. The van der Waals surface area contributed by atoms with Gasteiger partial charge >= 0.3 is 5.97 Å². The minimum atomic E-state index is -3.70. The Balaban J connectivity index is 1.62. The number of benzene rings is 1. The molecule has 1 amide bonds. The van der Waals surface area contributed by atoms with E-state index < -0.39 is 27.0 Å². The molecule has 0 atom stereocenters. The van der Waals surface area contributed by atoms with Gasteiger partial charge in [-0.05, 0) is 85.1 Å². The standard InChI is InChI=1S/C31H42N2O5S/c1-19-26(27(34)32-23-13-20(14-23)29(35)36)18-33(28(19)39(37,38)25-9-7-6-8-10-25)24-16-21(30(2,3)4)15-22(17-24)31(5)11-12-31/h15-18,20,23,25H,6-14H2,1-5H3,(H,32,34)(H,35,36). The van der Waals surface area contributed by atoms with Crippen molar-refractivity contribution in [3.05, 3.63) is 46.6 Å². The van der Waals surface area contributed by atoms with E-state index in [1.54, 1.807) is 17.7 Å². The first-order chi connectivity index (χ1) is 18.2. The Kier molecular flexibility index (Phi) is 7.01. The van der Waals surface area contributed by atoms with Crippen LogP contribution in [0.4, 0.5) is 0 Å². The van der Waals surface area contributed by atoms with Gasteiger partial charge in [0.25, 0.3) is 5.91 Å². The topological polar surface area (TPSA) is 105 Å². The lowest BCUT2D eigenvalue weighted by Crippen LogP contribution is -2.46. The van der Waals surface area contributed by atoms with Crippen molar-refractivity contribution < 1.29 is 23.1 Å². The lowest BCUT2D eigenvalue weighted by atomic mass is 9.80. The van der Waals surface area contributed by atoms with Crippen LogP contribution in [0.25, 0.3) is 5.69 Å². The SMILES string of the molecule is Cc1c(C(=O)NC2CC(C(=O)O)C2)cn(-c2cc(C(C)(C)C)cc(C3(C)CC3)c2)c1S(=O)(=O)C1CCCCC1. The van der Waals surface area contributed by atoms with Gasteiger partial charge in [-0.25, -0.2) is 8.42 Å². The first-order valence-corrected chi connectivity index (χ1v) is 15.9. The maximum absolute atomic E-state index is 14.2. The number of nitrogens with zero attached hydrogens (tertiary/aromatic N) is 1. The molecule has 2 N–H and O–H groups in total. The number of carbonyl (C=O) groups excluding carboxylic acids is 1. The average Bonchev–Trinajstić information content (AvgIpc) is 3.50. The molecule has 3 aliphatic rings. The van der Waals surface area contributed by atoms with E-state index >= 15 is 0 Å². The summed E-state index contributed by atoms with van der Waals surface area (Å²) in [6, 6.07) is 6.21. The Morgan fingerprint density at radius 3 is 2.26 bits per heavy atom. The summed E-state index contributed by atoms with van der Waals surface area (Å²) in [7, 11) is -3.70. The summed E-state index contributed by atoms with van der Waals surface area (Å²) in [5.74, 6) is -1.63. The quantitative estimate of drug-likeness (QED) is 0.448. The van der Waals surface area contributed by atoms with Crippen LogP contribution in [0, 0.1) is 12.8 Å². The third-order valence-corrected chi connectivity index (χ3v) is 11.7. The van der Waals surface area contributed by atoms with E-state index in [-0.39, 0.29) is 27.8 Å². The highest BCUT2D eigenvalue weighted by molar-refractivity contribution is 7.92. The van der Waals surface area contributed by atoms with Gasteiger partial charge in [0.2, 0.25) is 0 Å². The second-order valence-corrected chi connectivity index (χ2v) is 15.5. The second-order valence-electron chi connectivity index (χ2n) is 13.4. The van der Waals surface area contributed by atoms with Crippen LogP contribution in [0.5, 0.6) is 0 Å². The van der Waals surface area contributed by atoms with E-state index in [0.717, 1.165) is 43.4 Å². The van der Waals surface area contributed by atoms with Crippen molar-refractivity contribution in [2.24, 2.45) is 5.92 Å². The molecule has 212 valence electrons. The van der Waals surface area contributed by atoms with Crippen molar-refractivity contribution in [2.75, 3.05) is 0 Å². The molecule has 7 nitrogen and oxygen atoms in total. The minimum Gasteiger partial charge on any atom is -0.481 e. The lowest BCUT2D eigenvalue weighted by Gasteiger charge is -2.32. The van der Waals surface area contributed by atoms with Gasteiger partial charge in [-0.1, -0.05) is 53.0 Å². The first kappa shape index (κ1) is 27.9. The zero-order valence-electron chi connectivity index (χ0n) is 23.8. The minimum absolute atomic E-state index is 0.0890. The van der Waals surface area contributed by atoms with Gasteiger partial charge in [0, 0.05) is 17.9 Å². The predicted octanol–water partition coefficient (Wildman–Crippen LogP) is 5.83. The molecule has 2 aromatic rings. The van der Waals surface area contributed by atoms with Gasteiger partial charge in [-0.2, -0.15) is 0 Å². The third kappa shape index (κ3) is 5.29. The molecule has 5 rings (SSSR count). The number of carboxylic acid groups (broad SMARTS) is 1. The molecule has 0 bridgehead atoms. The summed E-state index contributed by atoms with van der Waals surface area (Å²) < 4.78 is 30.2. The van der Waals surface area contributed by atoms with Crippen molar-refractivity contribution in [3.63, 3.8) is 0 Å². The summed E-state index contributed by atoms with van der Waals surface area (Å²) >= 11 is 0. The van der Waals surface area contributed by atoms with E-state index in [1.165, 1.54) is 5.56 Å². The molecule has 39 heavy (non-hydrogen) atoms. The molecule has 0 saturated heterocycles. The van der Waals surface area contributed by atoms with Crippen LogP contribution in [0.3, 0.4) is 0 Å². The largest absolute Gasteiger partial charge is 0.481 e. The zero-order valence-corrected chi connectivity index (χ0v) is 24.7. The van der Waals surface area contributed by atoms with E-state index in [4.69, 9.17) is 0 Å². The molecular weight excluding hydrogens is 512 g/mol. The van der Waals surface area contributed by atoms with Gasteiger partial charge in [0.1, 0.15) is 5.03 Å². The number of nitrogens with one attached hydrogen (secondary N) is 1. The highest BCUT2D eigenvalue weighted by atomic mass is 32.2. The number of sulfone groups is 1. The number of aromatic nitrogens is 1. The van der Waals surface area contributed by atoms with E-state index in [1.807, 2.05) is 0 Å². The van der Waals surface area contributed by atoms with Crippen molar-refractivity contribution in [2.45, 2.75) is 120 Å². The van der Waals surface area contributed by atoms with Crippen molar-refractivity contribution in [1.29, 1.82) is 0 Å². The number of rotatable bonds is 7. The van der Waals surface area contributed by atoms with E-state index in [0.29, 0.717) is 36.8 Å². The Morgan fingerprint density at radius 2 is 1.69 bits per heavy atom. The van der Waals surface area contributed by atoms with Gasteiger partial charge in [0.05, 0.1) is 16.7 Å². The van der Waals surface area contributed by atoms with Gasteiger partial charge in [0.15, 0.2) is 9.84 Å². The van der Waals surface area contributed by atoms with Crippen molar-refractivity contribution >= 4 is 21.7 Å². The molecular formula is C31H42N2O5S. The monoisotopic (exact) mass is 554 g/mol. The molecule has 3 fully saturated rings. The van der Waals surface area contributed by atoms with Crippen LogP contribution in [-0.2, 0) is 25.5 Å². The Bertz CT molecular complexity index is 1380. The number of amides is 1. The van der Waals surface area contributed by atoms with E-state index in [9.17, 15) is 23.1 Å². The van der Waals surface area contributed by atoms with Gasteiger partial charge < -0.3 is 15.0 Å². The molecule has 3 aliphatic carbocycles. The highest BCUT2D eigenvalue weighted by Crippen LogP contribution is 2.49. The van der Waals surface area contributed by atoms with Crippen LogP contribution < -0.4 is 5.32 Å². The molecule has 1 aromatic carbocycles. The predicted molar refractivity (Wildman–Crippen MR) is 151 cm³/mol. The van der Waals surface area contributed by atoms with Crippen LogP contribution >= 0.6 is 0 Å². The van der Waals surface area contributed by atoms with Crippen molar-refractivity contribution in [1.82, 2.24) is 9.88 Å². The molecule has 0 spiro atoms. The molecule has 0 radical (unpaired) electrons. The maximum Gasteiger partial charge on any atom is 0.306 e. The molecule has 1 heterocycles.